The first-order valence-corrected chi connectivity index (χ1v) is 16.0. The minimum atomic E-state index is -5.07. The lowest BCUT2D eigenvalue weighted by Gasteiger charge is -2.27. The normalized spacial score (nSPS) is 12.2. The lowest BCUT2D eigenvalue weighted by molar-refractivity contribution is -0.154. The van der Waals surface area contributed by atoms with Crippen molar-refractivity contribution in [2.45, 2.75) is 60.2 Å². The van der Waals surface area contributed by atoms with Gasteiger partial charge in [0, 0.05) is 30.7 Å². The van der Waals surface area contributed by atoms with Gasteiger partial charge in [0.1, 0.15) is 17.1 Å². The van der Waals surface area contributed by atoms with Crippen LogP contribution in [0.3, 0.4) is 0 Å². The van der Waals surface area contributed by atoms with Gasteiger partial charge < -0.3 is 13.9 Å². The molecule has 47 heavy (non-hydrogen) atoms. The van der Waals surface area contributed by atoms with Gasteiger partial charge in [0.2, 0.25) is 11.2 Å². The molecule has 1 aromatic heterocycles. The molecule has 4 rings (SSSR count). The summed E-state index contributed by atoms with van der Waals surface area (Å²) < 4.78 is 60.4. The molecule has 0 fully saturated rings. The zero-order chi connectivity index (χ0) is 34.3. The number of ether oxygens (including phenoxy) is 2. The summed E-state index contributed by atoms with van der Waals surface area (Å²) >= 11 is 6.20. The van der Waals surface area contributed by atoms with Crippen LogP contribution in [0.4, 0.5) is 13.2 Å². The highest BCUT2D eigenvalue weighted by Gasteiger charge is 2.41. The fraction of sp³-hybridized carbons (Fsp3) is 0.351. The van der Waals surface area contributed by atoms with Crippen molar-refractivity contribution < 1.29 is 31.9 Å². The number of fused-ring (bicyclic) bond motifs is 1. The first-order chi connectivity index (χ1) is 22.3. The molecule has 0 amide bonds. The molecule has 6 nitrogen and oxygen atoms in total. The van der Waals surface area contributed by atoms with Gasteiger partial charge in [-0.1, -0.05) is 83.0 Å². The van der Waals surface area contributed by atoms with Crippen molar-refractivity contribution in [3.05, 3.63) is 104 Å². The van der Waals surface area contributed by atoms with Crippen molar-refractivity contribution in [3.8, 4) is 17.2 Å². The number of rotatable bonds is 13. The molecule has 10 heteroatoms. The molecule has 0 atom stereocenters. The fourth-order valence-corrected chi connectivity index (χ4v) is 5.50. The molecule has 0 aliphatic rings. The van der Waals surface area contributed by atoms with Crippen molar-refractivity contribution in [2.75, 3.05) is 13.1 Å². The van der Waals surface area contributed by atoms with Gasteiger partial charge in [0.05, 0.1) is 10.9 Å². The first kappa shape index (κ1) is 35.8. The second kappa shape index (κ2) is 15.7. The Bertz CT molecular complexity index is 1770. The van der Waals surface area contributed by atoms with E-state index in [9.17, 15) is 22.8 Å². The van der Waals surface area contributed by atoms with Crippen LogP contribution in [0.2, 0.25) is 5.02 Å². The number of esters is 1. The highest BCUT2D eigenvalue weighted by atomic mass is 35.5. The van der Waals surface area contributed by atoms with E-state index in [1.165, 1.54) is 36.4 Å². The molecule has 0 spiro atoms. The second-order valence-corrected chi connectivity index (χ2v) is 12.7. The minimum Gasteiger partial charge on any atom is -0.449 e. The Labute approximate surface area is 277 Å². The van der Waals surface area contributed by atoms with Crippen molar-refractivity contribution >= 4 is 34.6 Å². The third-order valence-electron chi connectivity index (χ3n) is 7.16. The Morgan fingerprint density at radius 1 is 0.979 bits per heavy atom. The van der Waals surface area contributed by atoms with E-state index in [0.717, 1.165) is 18.4 Å². The molecule has 0 bridgehead atoms. The molecular weight excluding hydrogens is 631 g/mol. The molecule has 0 saturated carbocycles. The molecular formula is C37H39ClF3NO5. The van der Waals surface area contributed by atoms with E-state index in [1.807, 2.05) is 39.5 Å². The third kappa shape index (κ3) is 9.49. The van der Waals surface area contributed by atoms with Gasteiger partial charge in [-0.05, 0) is 65.8 Å². The summed E-state index contributed by atoms with van der Waals surface area (Å²) in [5.41, 5.74) is 0.390. The molecule has 0 unspecified atom stereocenters. The molecule has 4 aromatic rings. The van der Waals surface area contributed by atoms with E-state index in [4.69, 9.17) is 25.5 Å². The van der Waals surface area contributed by atoms with Crippen LogP contribution in [0.1, 0.15) is 63.5 Å². The lowest BCUT2D eigenvalue weighted by Crippen LogP contribution is -2.31. The topological polar surface area (TPSA) is 69.0 Å². The van der Waals surface area contributed by atoms with Crippen molar-refractivity contribution in [1.82, 2.24) is 4.90 Å². The maximum atomic E-state index is 14.5. The average molecular weight is 670 g/mol. The summed E-state index contributed by atoms with van der Waals surface area (Å²) in [6.45, 7) is 11.4. The molecule has 1 heterocycles. The summed E-state index contributed by atoms with van der Waals surface area (Å²) in [4.78, 5) is 28.8. The largest absolute Gasteiger partial charge is 0.453 e. The van der Waals surface area contributed by atoms with Gasteiger partial charge in [0.15, 0.2) is 0 Å². The standard InChI is InChI=1S/C37H39ClF3NO5/c1-6-9-25-12-15-27(16-13-25)45-35-33(44)28-17-18-31(46-32(43)19-14-26-10-7-8-11-30(26)38)29(34(28)47-36(35)37(39,40)41)22-42(20-23(2)3)21-24(4)5/h7-8,10-19,23-24H,6,9,20-22H2,1-5H3/b19-14+. The number of alkyl halides is 3. The van der Waals surface area contributed by atoms with E-state index in [1.54, 1.807) is 36.4 Å². The molecule has 0 N–H and O–H groups in total. The number of halogens is 4. The number of nitrogens with zero attached hydrogens (tertiary/aromatic N) is 1. The SMILES string of the molecule is CCCc1ccc(Oc2c(C(F)(F)F)oc3c(CN(CC(C)C)CC(C)C)c(OC(=O)/C=C/c4ccccc4Cl)ccc3c2=O)cc1. The molecule has 0 aliphatic heterocycles. The zero-order valence-electron chi connectivity index (χ0n) is 27.1. The molecule has 250 valence electrons. The van der Waals surface area contributed by atoms with Crippen LogP contribution in [0.5, 0.6) is 17.2 Å². The summed E-state index contributed by atoms with van der Waals surface area (Å²) in [6, 6.07) is 16.1. The lowest BCUT2D eigenvalue weighted by atomic mass is 10.1. The molecule has 0 radical (unpaired) electrons. The quantitative estimate of drug-likeness (QED) is 0.0802. The third-order valence-corrected chi connectivity index (χ3v) is 7.51. The number of benzene rings is 3. The van der Waals surface area contributed by atoms with Gasteiger partial charge >= 0.3 is 12.1 Å². The van der Waals surface area contributed by atoms with Crippen molar-refractivity contribution in [2.24, 2.45) is 11.8 Å². The van der Waals surface area contributed by atoms with Gasteiger partial charge in [-0.2, -0.15) is 13.2 Å². The summed E-state index contributed by atoms with van der Waals surface area (Å²) in [5, 5.41) is 0.295. The second-order valence-electron chi connectivity index (χ2n) is 12.3. The van der Waals surface area contributed by atoms with Crippen LogP contribution in [0, 0.1) is 11.8 Å². The van der Waals surface area contributed by atoms with E-state index in [0.29, 0.717) is 23.7 Å². The number of aryl methyl sites for hydroxylation is 1. The van der Waals surface area contributed by atoms with Gasteiger partial charge in [0.25, 0.3) is 5.76 Å². The molecule has 0 saturated heterocycles. The molecule has 3 aromatic carbocycles. The average Bonchev–Trinajstić information content (AvgIpc) is 2.99. The maximum Gasteiger partial charge on any atom is 0.453 e. The zero-order valence-corrected chi connectivity index (χ0v) is 27.9. The van der Waals surface area contributed by atoms with E-state index in [-0.39, 0.29) is 46.4 Å². The van der Waals surface area contributed by atoms with Crippen LogP contribution in [0.15, 0.2) is 76.0 Å². The Kier molecular flexibility index (Phi) is 11.9. The first-order valence-electron chi connectivity index (χ1n) is 15.6. The van der Waals surface area contributed by atoms with E-state index < -0.39 is 29.1 Å². The smallest absolute Gasteiger partial charge is 0.449 e. The van der Waals surface area contributed by atoms with Gasteiger partial charge in [-0.15, -0.1) is 0 Å². The van der Waals surface area contributed by atoms with Crippen molar-refractivity contribution in [1.29, 1.82) is 0 Å². The van der Waals surface area contributed by atoms with E-state index in [2.05, 4.69) is 0 Å². The highest BCUT2D eigenvalue weighted by molar-refractivity contribution is 6.32. The van der Waals surface area contributed by atoms with Crippen LogP contribution in [-0.4, -0.2) is 24.0 Å². The number of hydrogen-bond acceptors (Lipinski definition) is 6. The van der Waals surface area contributed by atoms with Gasteiger partial charge in [-0.25, -0.2) is 4.79 Å². The van der Waals surface area contributed by atoms with Crippen molar-refractivity contribution in [3.63, 3.8) is 0 Å². The van der Waals surface area contributed by atoms with Gasteiger partial charge in [-0.3, -0.25) is 9.69 Å². The van der Waals surface area contributed by atoms with Crippen LogP contribution in [0.25, 0.3) is 17.0 Å². The van der Waals surface area contributed by atoms with E-state index >= 15 is 0 Å². The minimum absolute atomic E-state index is 0.0275. The summed E-state index contributed by atoms with van der Waals surface area (Å²) in [6.07, 6.45) is -0.717. The summed E-state index contributed by atoms with van der Waals surface area (Å²) in [7, 11) is 0. The Morgan fingerprint density at radius 3 is 2.23 bits per heavy atom. The number of carbonyl (C=O) groups excluding carboxylic acids is 1. The number of carbonyl (C=O) groups is 1. The Hall–Kier alpha value is -4.08. The predicted octanol–water partition coefficient (Wildman–Crippen LogP) is 9.94. The number of hydrogen-bond donors (Lipinski definition) is 0. The Morgan fingerprint density at radius 2 is 1.64 bits per heavy atom. The van der Waals surface area contributed by atoms with Crippen LogP contribution >= 0.6 is 11.6 Å². The summed E-state index contributed by atoms with van der Waals surface area (Å²) in [5.74, 6) is -2.85. The molecule has 0 aliphatic carbocycles. The Balaban J connectivity index is 1.86. The van der Waals surface area contributed by atoms with Crippen LogP contribution < -0.4 is 14.9 Å². The monoisotopic (exact) mass is 669 g/mol. The fourth-order valence-electron chi connectivity index (χ4n) is 5.30. The maximum absolute atomic E-state index is 14.5. The predicted molar refractivity (Wildman–Crippen MR) is 179 cm³/mol. The van der Waals surface area contributed by atoms with Crippen LogP contribution in [-0.2, 0) is 23.9 Å². The highest BCUT2D eigenvalue weighted by Crippen LogP contribution is 2.40.